The molecule has 0 saturated heterocycles. The van der Waals surface area contributed by atoms with Crippen LogP contribution in [0.15, 0.2) is 18.2 Å². The van der Waals surface area contributed by atoms with Gasteiger partial charge in [-0.3, -0.25) is 0 Å². The largest absolute Gasteiger partial charge is 0.508 e. The fourth-order valence-corrected chi connectivity index (χ4v) is 3.91. The van der Waals surface area contributed by atoms with Crippen molar-refractivity contribution >= 4 is 0 Å². The van der Waals surface area contributed by atoms with Gasteiger partial charge in [-0.15, -0.1) is 0 Å². The van der Waals surface area contributed by atoms with Crippen LogP contribution in [-0.2, 0) is 12.8 Å². The fourth-order valence-electron chi connectivity index (χ4n) is 3.91. The molecule has 0 bridgehead atoms. The average Bonchev–Trinajstić information content (AvgIpc) is 2.68. The molecule has 1 aromatic rings. The first-order valence-electron chi connectivity index (χ1n) is 12.1. The molecule has 0 amide bonds. The maximum Gasteiger partial charge on any atom is 0.118 e. The first-order valence-corrected chi connectivity index (χ1v) is 12.1. The number of rotatable bonds is 18. The Balaban J connectivity index is 2.13. The van der Waals surface area contributed by atoms with Crippen molar-refractivity contribution in [3.05, 3.63) is 29.3 Å². The Morgan fingerprint density at radius 3 is 1.52 bits per heavy atom. The first-order chi connectivity index (χ1) is 13.3. The molecule has 0 fully saturated rings. The van der Waals surface area contributed by atoms with Gasteiger partial charge in [0.2, 0.25) is 0 Å². The van der Waals surface area contributed by atoms with Crippen molar-refractivity contribution in [2.75, 3.05) is 0 Å². The van der Waals surface area contributed by atoms with Crippen LogP contribution in [0.25, 0.3) is 0 Å². The number of phenols is 1. The lowest BCUT2D eigenvalue weighted by atomic mass is 9.99. The highest BCUT2D eigenvalue weighted by Crippen LogP contribution is 2.22. The van der Waals surface area contributed by atoms with E-state index >= 15 is 0 Å². The van der Waals surface area contributed by atoms with E-state index in [1.165, 1.54) is 115 Å². The average molecular weight is 375 g/mol. The summed E-state index contributed by atoms with van der Waals surface area (Å²) in [6, 6.07) is 6.30. The molecule has 0 saturated carbocycles. The van der Waals surface area contributed by atoms with Gasteiger partial charge >= 0.3 is 0 Å². The maximum absolute atomic E-state index is 10.1. The number of aromatic hydroxyl groups is 1. The van der Waals surface area contributed by atoms with E-state index in [-0.39, 0.29) is 0 Å². The van der Waals surface area contributed by atoms with E-state index in [1.807, 2.05) is 6.07 Å². The third-order valence-electron chi connectivity index (χ3n) is 5.76. The number of benzene rings is 1. The Morgan fingerprint density at radius 1 is 0.556 bits per heavy atom. The van der Waals surface area contributed by atoms with Crippen molar-refractivity contribution < 1.29 is 5.11 Å². The SMILES string of the molecule is CCCCCCCCCCCc1ccc(O)c(CCCCCCCCC)c1. The van der Waals surface area contributed by atoms with Crippen molar-refractivity contribution in [1.82, 2.24) is 0 Å². The smallest absolute Gasteiger partial charge is 0.118 e. The number of unbranched alkanes of at least 4 members (excludes halogenated alkanes) is 14. The van der Waals surface area contributed by atoms with E-state index in [2.05, 4.69) is 26.0 Å². The van der Waals surface area contributed by atoms with Crippen LogP contribution in [0.1, 0.15) is 128 Å². The molecule has 1 nitrogen and oxygen atoms in total. The zero-order valence-corrected chi connectivity index (χ0v) is 18.4. The summed E-state index contributed by atoms with van der Waals surface area (Å²) in [6.45, 7) is 4.55. The molecule has 0 atom stereocenters. The summed E-state index contributed by atoms with van der Waals surface area (Å²) in [5.74, 6) is 0.497. The standard InChI is InChI=1S/C26H46O/c1-3-5-7-9-11-12-14-15-17-19-24-21-22-26(27)25(23-24)20-18-16-13-10-8-6-4-2/h21-23,27H,3-20H2,1-2H3. The van der Waals surface area contributed by atoms with Gasteiger partial charge in [0.05, 0.1) is 0 Å². The lowest BCUT2D eigenvalue weighted by molar-refractivity contribution is 0.465. The quantitative estimate of drug-likeness (QED) is 0.255. The Labute approximate surface area is 170 Å². The molecule has 1 rings (SSSR count). The highest BCUT2D eigenvalue weighted by molar-refractivity contribution is 5.36. The van der Waals surface area contributed by atoms with Gasteiger partial charge in [-0.25, -0.2) is 0 Å². The minimum absolute atomic E-state index is 0.497. The lowest BCUT2D eigenvalue weighted by Crippen LogP contribution is -1.92. The molecule has 0 spiro atoms. The summed E-state index contributed by atoms with van der Waals surface area (Å²) in [5, 5.41) is 10.1. The fraction of sp³-hybridized carbons (Fsp3) is 0.769. The number of phenolic OH excluding ortho intramolecular Hbond substituents is 1. The van der Waals surface area contributed by atoms with Crippen molar-refractivity contribution in [2.45, 2.75) is 129 Å². The zero-order valence-electron chi connectivity index (χ0n) is 18.4. The van der Waals surface area contributed by atoms with Crippen LogP contribution in [0.5, 0.6) is 5.75 Å². The van der Waals surface area contributed by atoms with Crippen LogP contribution in [0.4, 0.5) is 0 Å². The van der Waals surface area contributed by atoms with Crippen molar-refractivity contribution in [3.8, 4) is 5.75 Å². The van der Waals surface area contributed by atoms with Gasteiger partial charge in [0.25, 0.3) is 0 Å². The predicted octanol–water partition coefficient (Wildman–Crippen LogP) is 8.76. The summed E-state index contributed by atoms with van der Waals surface area (Å²) in [6.07, 6.45) is 23.9. The molecule has 0 radical (unpaired) electrons. The minimum Gasteiger partial charge on any atom is -0.508 e. The summed E-state index contributed by atoms with van der Waals surface area (Å²) < 4.78 is 0. The highest BCUT2D eigenvalue weighted by Gasteiger charge is 2.04. The van der Waals surface area contributed by atoms with Crippen LogP contribution in [0.2, 0.25) is 0 Å². The van der Waals surface area contributed by atoms with Gasteiger partial charge in [-0.2, -0.15) is 0 Å². The van der Waals surface area contributed by atoms with Crippen LogP contribution in [0, 0.1) is 0 Å². The van der Waals surface area contributed by atoms with E-state index in [0.717, 1.165) is 12.0 Å². The Kier molecular flexibility index (Phi) is 15.3. The molecule has 0 aliphatic carbocycles. The third kappa shape index (κ3) is 12.9. The molecule has 0 aromatic heterocycles. The van der Waals surface area contributed by atoms with E-state index in [0.29, 0.717) is 5.75 Å². The van der Waals surface area contributed by atoms with Gasteiger partial charge in [0.15, 0.2) is 0 Å². The van der Waals surface area contributed by atoms with Gasteiger partial charge < -0.3 is 5.11 Å². The van der Waals surface area contributed by atoms with E-state index in [9.17, 15) is 5.11 Å². The molecule has 156 valence electrons. The molecule has 0 unspecified atom stereocenters. The normalized spacial score (nSPS) is 11.2. The lowest BCUT2D eigenvalue weighted by Gasteiger charge is -2.08. The summed E-state index contributed by atoms with van der Waals surface area (Å²) in [4.78, 5) is 0. The molecule has 1 heteroatoms. The predicted molar refractivity (Wildman–Crippen MR) is 121 cm³/mol. The first kappa shape index (κ1) is 24.1. The van der Waals surface area contributed by atoms with Crippen LogP contribution in [0.3, 0.4) is 0 Å². The van der Waals surface area contributed by atoms with Gasteiger partial charge in [0.1, 0.15) is 5.75 Å². The van der Waals surface area contributed by atoms with Gasteiger partial charge in [-0.05, 0) is 42.9 Å². The molecule has 1 N–H and O–H groups in total. The minimum atomic E-state index is 0.497. The highest BCUT2D eigenvalue weighted by atomic mass is 16.3. The molecule has 1 aromatic carbocycles. The molecule has 0 heterocycles. The van der Waals surface area contributed by atoms with Crippen molar-refractivity contribution in [2.24, 2.45) is 0 Å². The van der Waals surface area contributed by atoms with Crippen molar-refractivity contribution in [3.63, 3.8) is 0 Å². The topological polar surface area (TPSA) is 20.2 Å². The molecule has 0 aliphatic rings. The summed E-state index contributed by atoms with van der Waals surface area (Å²) >= 11 is 0. The van der Waals surface area contributed by atoms with E-state index in [1.54, 1.807) is 0 Å². The Bertz CT molecular complexity index is 452. The number of aryl methyl sites for hydroxylation is 2. The molecular weight excluding hydrogens is 328 g/mol. The second-order valence-electron chi connectivity index (χ2n) is 8.41. The summed E-state index contributed by atoms with van der Waals surface area (Å²) in [7, 11) is 0. The number of hydrogen-bond donors (Lipinski definition) is 1. The third-order valence-corrected chi connectivity index (χ3v) is 5.76. The second kappa shape index (κ2) is 17.1. The van der Waals surface area contributed by atoms with Gasteiger partial charge in [-0.1, -0.05) is 116 Å². The zero-order chi connectivity index (χ0) is 19.6. The van der Waals surface area contributed by atoms with E-state index in [4.69, 9.17) is 0 Å². The summed E-state index contributed by atoms with van der Waals surface area (Å²) in [5.41, 5.74) is 2.57. The Morgan fingerprint density at radius 2 is 1.00 bits per heavy atom. The second-order valence-corrected chi connectivity index (χ2v) is 8.41. The maximum atomic E-state index is 10.1. The molecular formula is C26H46O. The van der Waals surface area contributed by atoms with E-state index < -0.39 is 0 Å². The van der Waals surface area contributed by atoms with Crippen LogP contribution >= 0.6 is 0 Å². The van der Waals surface area contributed by atoms with Crippen LogP contribution < -0.4 is 0 Å². The van der Waals surface area contributed by atoms with Gasteiger partial charge in [0, 0.05) is 0 Å². The molecule has 0 aliphatic heterocycles. The van der Waals surface area contributed by atoms with Crippen molar-refractivity contribution in [1.29, 1.82) is 0 Å². The number of hydrogen-bond acceptors (Lipinski definition) is 1. The monoisotopic (exact) mass is 374 g/mol. The van der Waals surface area contributed by atoms with Crippen LogP contribution in [-0.4, -0.2) is 5.11 Å². The molecule has 27 heavy (non-hydrogen) atoms. The Hall–Kier alpha value is -0.980.